The number of fused-ring (bicyclic) bond motifs is 1. The Bertz CT molecular complexity index is 923. The van der Waals surface area contributed by atoms with E-state index in [1.54, 1.807) is 18.7 Å². The maximum absolute atomic E-state index is 12.2. The van der Waals surface area contributed by atoms with Crippen molar-refractivity contribution in [2.24, 2.45) is 21.1 Å². The van der Waals surface area contributed by atoms with Gasteiger partial charge in [-0.25, -0.2) is 9.78 Å². The second-order valence-corrected chi connectivity index (χ2v) is 7.00. The van der Waals surface area contributed by atoms with Crippen LogP contribution in [0.1, 0.15) is 12.8 Å². The molecule has 1 atom stereocenters. The van der Waals surface area contributed by atoms with Gasteiger partial charge in [-0.3, -0.25) is 18.7 Å². The summed E-state index contributed by atoms with van der Waals surface area (Å²) in [6.07, 6.45) is 2.10. The highest BCUT2D eigenvalue weighted by Crippen LogP contribution is 2.20. The molecular formula is C15H21N5O4S. The van der Waals surface area contributed by atoms with E-state index in [0.29, 0.717) is 17.3 Å². The van der Waals surface area contributed by atoms with Crippen molar-refractivity contribution in [2.75, 3.05) is 18.9 Å². The monoisotopic (exact) mass is 367 g/mol. The maximum atomic E-state index is 12.2. The number of rotatable bonds is 5. The van der Waals surface area contributed by atoms with Crippen LogP contribution in [0.2, 0.25) is 0 Å². The van der Waals surface area contributed by atoms with Crippen LogP contribution in [-0.4, -0.2) is 49.6 Å². The standard InChI is InChI=1S/C15H21N5O4S/c1-18-12-11(13(22)20(3)15(23)19(12)2)17-14(18)25-8-10(21)16-7-9-5-4-6-24-9/h9H,4-8H2,1-3H3,(H,16,21)/t9-/m0/s1. The van der Waals surface area contributed by atoms with Gasteiger partial charge < -0.3 is 14.6 Å². The Morgan fingerprint density at radius 1 is 1.28 bits per heavy atom. The smallest absolute Gasteiger partial charge is 0.332 e. The van der Waals surface area contributed by atoms with Gasteiger partial charge in [-0.2, -0.15) is 0 Å². The Hall–Kier alpha value is -2.07. The zero-order valence-corrected chi connectivity index (χ0v) is 15.3. The molecule has 1 aliphatic rings. The fraction of sp³-hybridized carbons (Fsp3) is 0.600. The Labute approximate surface area is 148 Å². The van der Waals surface area contributed by atoms with Crippen molar-refractivity contribution in [3.8, 4) is 0 Å². The van der Waals surface area contributed by atoms with Crippen LogP contribution < -0.4 is 16.6 Å². The predicted octanol–water partition coefficient (Wildman–Crippen LogP) is -0.642. The average Bonchev–Trinajstić information content (AvgIpc) is 3.22. The molecule has 0 radical (unpaired) electrons. The first-order valence-corrected chi connectivity index (χ1v) is 9.02. The molecule has 2 aromatic heterocycles. The van der Waals surface area contributed by atoms with E-state index in [0.717, 1.165) is 24.0 Å². The normalized spacial score (nSPS) is 17.3. The lowest BCUT2D eigenvalue weighted by Crippen LogP contribution is -2.37. The zero-order chi connectivity index (χ0) is 18.1. The lowest BCUT2D eigenvalue weighted by molar-refractivity contribution is -0.119. The van der Waals surface area contributed by atoms with Gasteiger partial charge in [0.25, 0.3) is 5.56 Å². The van der Waals surface area contributed by atoms with Gasteiger partial charge in [0.15, 0.2) is 16.3 Å². The van der Waals surface area contributed by atoms with Gasteiger partial charge >= 0.3 is 5.69 Å². The fourth-order valence-corrected chi connectivity index (χ4v) is 3.70. The number of aryl methyl sites for hydroxylation is 2. The number of hydrogen-bond acceptors (Lipinski definition) is 6. The van der Waals surface area contributed by atoms with Gasteiger partial charge in [-0.1, -0.05) is 11.8 Å². The van der Waals surface area contributed by atoms with Crippen molar-refractivity contribution < 1.29 is 9.53 Å². The highest BCUT2D eigenvalue weighted by Gasteiger charge is 2.19. The quantitative estimate of drug-likeness (QED) is 0.706. The molecule has 1 N–H and O–H groups in total. The molecule has 1 aliphatic heterocycles. The number of amides is 1. The molecule has 2 aromatic rings. The molecule has 136 valence electrons. The molecule has 0 aliphatic carbocycles. The summed E-state index contributed by atoms with van der Waals surface area (Å²) in [7, 11) is 4.74. The molecule has 0 aromatic carbocycles. The van der Waals surface area contributed by atoms with Gasteiger partial charge in [0.2, 0.25) is 5.91 Å². The van der Waals surface area contributed by atoms with E-state index in [9.17, 15) is 14.4 Å². The van der Waals surface area contributed by atoms with Crippen LogP contribution in [0.25, 0.3) is 11.2 Å². The summed E-state index contributed by atoms with van der Waals surface area (Å²) < 4.78 is 9.54. The van der Waals surface area contributed by atoms with Crippen LogP contribution in [-0.2, 0) is 30.7 Å². The molecule has 0 bridgehead atoms. The number of imidazole rings is 1. The van der Waals surface area contributed by atoms with Crippen LogP contribution >= 0.6 is 11.8 Å². The first-order chi connectivity index (χ1) is 11.9. The Morgan fingerprint density at radius 3 is 2.72 bits per heavy atom. The Morgan fingerprint density at radius 2 is 2.04 bits per heavy atom. The lowest BCUT2D eigenvalue weighted by Gasteiger charge is -2.10. The molecule has 3 rings (SSSR count). The van der Waals surface area contributed by atoms with Crippen molar-refractivity contribution >= 4 is 28.8 Å². The van der Waals surface area contributed by atoms with Gasteiger partial charge in [0.1, 0.15) is 0 Å². The summed E-state index contributed by atoms with van der Waals surface area (Å²) in [6.45, 7) is 1.26. The van der Waals surface area contributed by atoms with Crippen LogP contribution in [0.3, 0.4) is 0 Å². The largest absolute Gasteiger partial charge is 0.376 e. The van der Waals surface area contributed by atoms with Crippen LogP contribution in [0.4, 0.5) is 0 Å². The van der Waals surface area contributed by atoms with Gasteiger partial charge in [-0.05, 0) is 12.8 Å². The number of carbonyl (C=O) groups is 1. The van der Waals surface area contributed by atoms with Crippen molar-refractivity contribution in [1.29, 1.82) is 0 Å². The van der Waals surface area contributed by atoms with Crippen LogP contribution in [0, 0.1) is 0 Å². The first kappa shape index (κ1) is 17.7. The first-order valence-electron chi connectivity index (χ1n) is 8.03. The minimum atomic E-state index is -0.441. The minimum Gasteiger partial charge on any atom is -0.376 e. The highest BCUT2D eigenvalue weighted by atomic mass is 32.2. The Kier molecular flexibility index (Phi) is 5.00. The third-order valence-corrected chi connectivity index (χ3v) is 5.34. The summed E-state index contributed by atoms with van der Waals surface area (Å²) in [5, 5.41) is 3.36. The third kappa shape index (κ3) is 3.36. The maximum Gasteiger partial charge on any atom is 0.332 e. The van der Waals surface area contributed by atoms with Gasteiger partial charge in [-0.15, -0.1) is 0 Å². The number of aromatic nitrogens is 4. The summed E-state index contributed by atoms with van der Waals surface area (Å²) >= 11 is 1.23. The second-order valence-electron chi connectivity index (χ2n) is 6.06. The molecule has 1 saturated heterocycles. The van der Waals surface area contributed by atoms with E-state index in [2.05, 4.69) is 10.3 Å². The summed E-state index contributed by atoms with van der Waals surface area (Å²) in [5.74, 6) is 0.0624. The molecule has 25 heavy (non-hydrogen) atoms. The number of nitrogens with one attached hydrogen (secondary N) is 1. The number of thioether (sulfide) groups is 1. The predicted molar refractivity (Wildman–Crippen MR) is 93.9 cm³/mol. The van der Waals surface area contributed by atoms with Gasteiger partial charge in [0.05, 0.1) is 11.9 Å². The van der Waals surface area contributed by atoms with E-state index < -0.39 is 11.2 Å². The number of hydrogen-bond donors (Lipinski definition) is 1. The average molecular weight is 367 g/mol. The zero-order valence-electron chi connectivity index (χ0n) is 14.4. The highest BCUT2D eigenvalue weighted by molar-refractivity contribution is 7.99. The van der Waals surface area contributed by atoms with Crippen molar-refractivity contribution in [2.45, 2.75) is 24.1 Å². The molecule has 1 amide bonds. The molecule has 3 heterocycles. The van der Waals surface area contributed by atoms with Gasteiger partial charge in [0, 0.05) is 34.3 Å². The summed E-state index contributed by atoms with van der Waals surface area (Å²) in [5.41, 5.74) is -0.195. The third-order valence-electron chi connectivity index (χ3n) is 4.31. The lowest BCUT2D eigenvalue weighted by atomic mass is 10.2. The van der Waals surface area contributed by atoms with Crippen LogP contribution in [0.15, 0.2) is 14.7 Å². The van der Waals surface area contributed by atoms with E-state index in [4.69, 9.17) is 4.74 Å². The molecule has 10 heteroatoms. The topological polar surface area (TPSA) is 100 Å². The van der Waals surface area contributed by atoms with Crippen LogP contribution in [0.5, 0.6) is 0 Å². The molecule has 9 nitrogen and oxygen atoms in total. The molecule has 0 unspecified atom stereocenters. The number of nitrogens with zero attached hydrogens (tertiary/aromatic N) is 4. The van der Waals surface area contributed by atoms with E-state index in [1.807, 2.05) is 0 Å². The van der Waals surface area contributed by atoms with E-state index in [-0.39, 0.29) is 23.3 Å². The number of ether oxygens (including phenoxy) is 1. The Balaban J connectivity index is 1.73. The minimum absolute atomic E-state index is 0.0993. The van der Waals surface area contributed by atoms with Crippen molar-refractivity contribution in [1.82, 2.24) is 24.0 Å². The molecule has 0 spiro atoms. The SMILES string of the molecule is Cn1c(=O)c2nc(SCC(=O)NC[C@@H]3CCCO3)n(C)c2n(C)c1=O. The molecule has 0 saturated carbocycles. The summed E-state index contributed by atoms with van der Waals surface area (Å²) in [6, 6.07) is 0. The van der Waals surface area contributed by atoms with Crippen molar-refractivity contribution in [3.05, 3.63) is 20.8 Å². The van der Waals surface area contributed by atoms with E-state index >= 15 is 0 Å². The fourth-order valence-electron chi connectivity index (χ4n) is 2.90. The molecule has 1 fully saturated rings. The molecular weight excluding hydrogens is 346 g/mol. The second kappa shape index (κ2) is 7.04. The number of carbonyl (C=O) groups excluding carboxylic acids is 1. The summed E-state index contributed by atoms with van der Waals surface area (Å²) in [4.78, 5) is 40.6. The van der Waals surface area contributed by atoms with E-state index in [1.165, 1.54) is 23.4 Å². The van der Waals surface area contributed by atoms with Crippen molar-refractivity contribution in [3.63, 3.8) is 0 Å².